The highest BCUT2D eigenvalue weighted by atomic mass is 32.1. The lowest BCUT2D eigenvalue weighted by molar-refractivity contribution is -0.124. The summed E-state index contributed by atoms with van der Waals surface area (Å²) >= 11 is 1.37. The number of nitrogens with one attached hydrogen (secondary N) is 2. The Kier molecular flexibility index (Phi) is 5.68. The molecule has 1 aliphatic rings. The normalized spacial score (nSPS) is 13.1. The Balaban J connectivity index is 1.48. The molecule has 0 spiro atoms. The predicted octanol–water partition coefficient (Wildman–Crippen LogP) is 2.42. The van der Waals surface area contributed by atoms with Crippen LogP contribution in [0.5, 0.6) is 0 Å². The van der Waals surface area contributed by atoms with Crippen LogP contribution in [0.25, 0.3) is 0 Å². The number of hydrogen-bond donors (Lipinski definition) is 2. The first-order chi connectivity index (χ1) is 12.5. The molecule has 0 unspecified atom stereocenters. The van der Waals surface area contributed by atoms with Crippen LogP contribution >= 0.6 is 11.3 Å². The summed E-state index contributed by atoms with van der Waals surface area (Å²) in [6.45, 7) is 1.81. The Morgan fingerprint density at radius 2 is 1.85 bits per heavy atom. The number of amides is 3. The van der Waals surface area contributed by atoms with Crippen LogP contribution in [0.3, 0.4) is 0 Å². The van der Waals surface area contributed by atoms with E-state index in [9.17, 15) is 14.4 Å². The van der Waals surface area contributed by atoms with Crippen LogP contribution in [-0.2, 0) is 9.59 Å². The zero-order valence-corrected chi connectivity index (χ0v) is 15.3. The lowest BCUT2D eigenvalue weighted by atomic mass is 10.2. The zero-order chi connectivity index (χ0) is 18.5. The second-order valence-electron chi connectivity index (χ2n) is 6.33. The van der Waals surface area contributed by atoms with E-state index in [4.69, 9.17) is 0 Å². The van der Waals surface area contributed by atoms with Crippen molar-refractivity contribution in [3.63, 3.8) is 0 Å². The largest absolute Gasteiger partial charge is 0.345 e. The molecule has 2 aromatic rings. The van der Waals surface area contributed by atoms with Crippen LogP contribution in [0.4, 0.5) is 5.69 Å². The number of benzene rings is 1. The topological polar surface area (TPSA) is 78.5 Å². The van der Waals surface area contributed by atoms with Gasteiger partial charge in [0, 0.05) is 11.7 Å². The number of carbonyl (C=O) groups is 3. The lowest BCUT2D eigenvalue weighted by Gasteiger charge is -2.21. The molecule has 0 aliphatic heterocycles. The Hall–Kier alpha value is -2.67. The van der Waals surface area contributed by atoms with Gasteiger partial charge in [-0.2, -0.15) is 0 Å². The lowest BCUT2D eigenvalue weighted by Crippen LogP contribution is -2.43. The van der Waals surface area contributed by atoms with E-state index >= 15 is 0 Å². The molecule has 7 heteroatoms. The minimum atomic E-state index is -0.333. The van der Waals surface area contributed by atoms with Crippen molar-refractivity contribution >= 4 is 34.7 Å². The van der Waals surface area contributed by atoms with Gasteiger partial charge in [-0.05, 0) is 43.3 Å². The van der Waals surface area contributed by atoms with Gasteiger partial charge in [-0.25, -0.2) is 0 Å². The van der Waals surface area contributed by atoms with Crippen LogP contribution in [0.1, 0.15) is 28.1 Å². The number of nitrogens with zero attached hydrogens (tertiary/aromatic N) is 1. The summed E-state index contributed by atoms with van der Waals surface area (Å²) < 4.78 is 0. The molecule has 136 valence electrons. The fraction of sp³-hybridized carbons (Fsp3) is 0.316. The highest BCUT2D eigenvalue weighted by Crippen LogP contribution is 2.28. The molecule has 1 aliphatic carbocycles. The Morgan fingerprint density at radius 1 is 1.12 bits per heavy atom. The van der Waals surface area contributed by atoms with Crippen molar-refractivity contribution < 1.29 is 14.4 Å². The van der Waals surface area contributed by atoms with Gasteiger partial charge in [0.2, 0.25) is 11.8 Å². The molecule has 1 aromatic heterocycles. The first kappa shape index (κ1) is 18.1. The molecule has 0 radical (unpaired) electrons. The van der Waals surface area contributed by atoms with Crippen molar-refractivity contribution in [3.8, 4) is 0 Å². The van der Waals surface area contributed by atoms with E-state index < -0.39 is 0 Å². The van der Waals surface area contributed by atoms with E-state index in [0.29, 0.717) is 10.6 Å². The second-order valence-corrected chi connectivity index (χ2v) is 7.28. The summed E-state index contributed by atoms with van der Waals surface area (Å²) in [7, 11) is 0. The summed E-state index contributed by atoms with van der Waals surface area (Å²) in [6, 6.07) is 11.1. The molecule has 0 bridgehead atoms. The van der Waals surface area contributed by atoms with Crippen molar-refractivity contribution in [2.45, 2.75) is 25.8 Å². The number of hydrogen-bond acceptors (Lipinski definition) is 4. The molecular weight excluding hydrogens is 350 g/mol. The van der Waals surface area contributed by atoms with Crippen LogP contribution in [-0.4, -0.2) is 41.8 Å². The average Bonchev–Trinajstić information content (AvgIpc) is 3.32. The Labute approximate surface area is 156 Å². The standard InChI is InChI=1S/C19H21N3O3S/c1-13-4-6-14(7-5-13)21-17(23)11-20-18(24)12-22(15-8-9-15)19(25)16-3-2-10-26-16/h2-7,10,15H,8-9,11-12H2,1H3,(H,20,24)(H,21,23). The van der Waals surface area contributed by atoms with Gasteiger partial charge in [-0.1, -0.05) is 23.8 Å². The van der Waals surface area contributed by atoms with Gasteiger partial charge in [-0.3, -0.25) is 14.4 Å². The molecule has 2 N–H and O–H groups in total. The summed E-state index contributed by atoms with van der Waals surface area (Å²) in [4.78, 5) is 38.9. The summed E-state index contributed by atoms with van der Waals surface area (Å²) in [5.74, 6) is -0.757. The van der Waals surface area contributed by atoms with Crippen LogP contribution < -0.4 is 10.6 Å². The minimum absolute atomic E-state index is 0.0286. The average molecular weight is 371 g/mol. The number of anilines is 1. The maximum atomic E-state index is 12.5. The second kappa shape index (κ2) is 8.14. The smallest absolute Gasteiger partial charge is 0.264 e. The van der Waals surface area contributed by atoms with Crippen molar-refractivity contribution in [1.29, 1.82) is 0 Å². The van der Waals surface area contributed by atoms with Crippen molar-refractivity contribution in [1.82, 2.24) is 10.2 Å². The molecule has 3 amide bonds. The van der Waals surface area contributed by atoms with E-state index in [2.05, 4.69) is 10.6 Å². The zero-order valence-electron chi connectivity index (χ0n) is 14.5. The third-order valence-corrected chi connectivity index (χ3v) is 4.93. The molecule has 6 nitrogen and oxygen atoms in total. The Bertz CT molecular complexity index is 783. The van der Waals surface area contributed by atoms with Crippen molar-refractivity contribution in [2.75, 3.05) is 18.4 Å². The van der Waals surface area contributed by atoms with Crippen molar-refractivity contribution in [3.05, 3.63) is 52.2 Å². The monoisotopic (exact) mass is 371 g/mol. The molecular formula is C19H21N3O3S. The molecule has 26 heavy (non-hydrogen) atoms. The molecule has 3 rings (SSSR count). The molecule has 1 fully saturated rings. The Morgan fingerprint density at radius 3 is 2.46 bits per heavy atom. The van der Waals surface area contributed by atoms with Gasteiger partial charge in [0.15, 0.2) is 0 Å². The molecule has 0 atom stereocenters. The van der Waals surface area contributed by atoms with Crippen LogP contribution in [0.2, 0.25) is 0 Å². The fourth-order valence-electron chi connectivity index (χ4n) is 2.53. The van der Waals surface area contributed by atoms with E-state index in [1.807, 2.05) is 42.6 Å². The summed E-state index contributed by atoms with van der Waals surface area (Å²) in [5, 5.41) is 7.15. The number of thiophene rings is 1. The fourth-order valence-corrected chi connectivity index (χ4v) is 3.21. The van der Waals surface area contributed by atoms with Gasteiger partial charge >= 0.3 is 0 Å². The van der Waals surface area contributed by atoms with Gasteiger partial charge in [0.25, 0.3) is 5.91 Å². The van der Waals surface area contributed by atoms with E-state index in [1.165, 1.54) is 11.3 Å². The maximum absolute atomic E-state index is 12.5. The van der Waals surface area contributed by atoms with E-state index in [-0.39, 0.29) is 36.9 Å². The number of rotatable bonds is 7. The summed E-state index contributed by atoms with van der Waals surface area (Å²) in [6.07, 6.45) is 1.83. The first-order valence-electron chi connectivity index (χ1n) is 8.50. The van der Waals surface area contributed by atoms with Gasteiger partial charge in [0.1, 0.15) is 6.54 Å². The summed E-state index contributed by atoms with van der Waals surface area (Å²) in [5.41, 5.74) is 1.79. The number of aryl methyl sites for hydroxylation is 1. The van der Waals surface area contributed by atoms with E-state index in [0.717, 1.165) is 18.4 Å². The predicted molar refractivity (Wildman–Crippen MR) is 101 cm³/mol. The third kappa shape index (κ3) is 4.92. The van der Waals surface area contributed by atoms with Crippen LogP contribution in [0, 0.1) is 6.92 Å². The van der Waals surface area contributed by atoms with E-state index in [1.54, 1.807) is 11.0 Å². The maximum Gasteiger partial charge on any atom is 0.264 e. The molecule has 1 aromatic carbocycles. The third-order valence-electron chi connectivity index (χ3n) is 4.08. The van der Waals surface area contributed by atoms with Crippen molar-refractivity contribution in [2.24, 2.45) is 0 Å². The minimum Gasteiger partial charge on any atom is -0.345 e. The van der Waals surface area contributed by atoms with Crippen LogP contribution in [0.15, 0.2) is 41.8 Å². The first-order valence-corrected chi connectivity index (χ1v) is 9.38. The number of carbonyl (C=O) groups excluding carboxylic acids is 3. The molecule has 0 saturated heterocycles. The van der Waals surface area contributed by atoms with Gasteiger partial charge in [-0.15, -0.1) is 11.3 Å². The highest BCUT2D eigenvalue weighted by Gasteiger charge is 2.34. The quantitative estimate of drug-likeness (QED) is 0.785. The molecule has 1 heterocycles. The highest BCUT2D eigenvalue weighted by molar-refractivity contribution is 7.12. The van der Waals surface area contributed by atoms with Gasteiger partial charge < -0.3 is 15.5 Å². The van der Waals surface area contributed by atoms with Gasteiger partial charge in [0.05, 0.1) is 11.4 Å². The molecule has 1 saturated carbocycles. The SMILES string of the molecule is Cc1ccc(NC(=O)CNC(=O)CN(C(=O)c2cccs2)C2CC2)cc1.